The van der Waals surface area contributed by atoms with Crippen LogP contribution in [0.2, 0.25) is 0 Å². The van der Waals surface area contributed by atoms with E-state index in [0.717, 1.165) is 25.1 Å². The van der Waals surface area contributed by atoms with E-state index in [2.05, 4.69) is 17.2 Å². The van der Waals surface area contributed by atoms with Gasteiger partial charge < -0.3 is 11.1 Å². The molecule has 0 unspecified atom stereocenters. The quantitative estimate of drug-likeness (QED) is 0.668. The maximum Gasteiger partial charge on any atom is 0.126 e. The van der Waals surface area contributed by atoms with Crippen LogP contribution in [0, 0.1) is 0 Å². The lowest BCUT2D eigenvalue weighted by Gasteiger charge is -2.04. The summed E-state index contributed by atoms with van der Waals surface area (Å²) in [4.78, 5) is 4.03. The Morgan fingerprint density at radius 2 is 2.31 bits per heavy atom. The van der Waals surface area contributed by atoms with E-state index >= 15 is 0 Å². The highest BCUT2D eigenvalue weighted by atomic mass is 14.9. The van der Waals surface area contributed by atoms with Crippen molar-refractivity contribution >= 4 is 5.82 Å². The highest BCUT2D eigenvalue weighted by molar-refractivity contribution is 5.38. The van der Waals surface area contributed by atoms with Crippen molar-refractivity contribution < 1.29 is 0 Å². The molecule has 0 aliphatic rings. The molecule has 0 aromatic carbocycles. The zero-order valence-corrected chi connectivity index (χ0v) is 8.09. The Balaban J connectivity index is 2.32. The van der Waals surface area contributed by atoms with Gasteiger partial charge in [0.2, 0.25) is 0 Å². The predicted molar refractivity (Wildman–Crippen MR) is 55.5 cm³/mol. The van der Waals surface area contributed by atoms with Crippen LogP contribution in [0.4, 0.5) is 5.82 Å². The predicted octanol–water partition coefficient (Wildman–Crippen LogP) is 1.21. The van der Waals surface area contributed by atoms with Crippen LogP contribution in [-0.4, -0.2) is 18.1 Å². The van der Waals surface area contributed by atoms with Crippen molar-refractivity contribution in [2.24, 2.45) is 0 Å². The Morgan fingerprint density at radius 3 is 3.00 bits per heavy atom. The molecule has 0 saturated carbocycles. The molecule has 0 bridgehead atoms. The van der Waals surface area contributed by atoms with Gasteiger partial charge in [0.25, 0.3) is 0 Å². The number of nitrogens with one attached hydrogen (secondary N) is 1. The number of pyridine rings is 1. The van der Waals surface area contributed by atoms with Crippen LogP contribution in [-0.2, 0) is 6.42 Å². The molecular formula is C10H17N3. The number of nitrogen functional groups attached to an aromatic ring is 1. The Kier molecular flexibility index (Phi) is 4.26. The van der Waals surface area contributed by atoms with Crippen LogP contribution >= 0.6 is 0 Å². The Labute approximate surface area is 79.4 Å². The van der Waals surface area contributed by atoms with Gasteiger partial charge in [0.15, 0.2) is 0 Å². The van der Waals surface area contributed by atoms with Crippen molar-refractivity contribution in [2.45, 2.75) is 19.8 Å². The molecule has 0 fully saturated rings. The molecule has 0 saturated heterocycles. The average Bonchev–Trinajstić information content (AvgIpc) is 2.15. The SMILES string of the molecule is CCCNCCc1cccnc1N. The average molecular weight is 179 g/mol. The van der Waals surface area contributed by atoms with Crippen molar-refractivity contribution in [3.63, 3.8) is 0 Å². The number of anilines is 1. The molecule has 0 amide bonds. The lowest BCUT2D eigenvalue weighted by Crippen LogP contribution is -2.18. The highest BCUT2D eigenvalue weighted by Gasteiger charge is 1.97. The fraction of sp³-hybridized carbons (Fsp3) is 0.500. The van der Waals surface area contributed by atoms with Gasteiger partial charge in [-0.25, -0.2) is 4.98 Å². The maximum absolute atomic E-state index is 5.70. The first-order chi connectivity index (χ1) is 6.34. The monoisotopic (exact) mass is 179 g/mol. The summed E-state index contributed by atoms with van der Waals surface area (Å²) in [5.41, 5.74) is 6.83. The smallest absolute Gasteiger partial charge is 0.126 e. The normalized spacial score (nSPS) is 10.2. The van der Waals surface area contributed by atoms with Crippen molar-refractivity contribution in [2.75, 3.05) is 18.8 Å². The Hall–Kier alpha value is -1.09. The van der Waals surface area contributed by atoms with E-state index in [-0.39, 0.29) is 0 Å². The second-order valence-corrected chi connectivity index (χ2v) is 3.05. The summed E-state index contributed by atoms with van der Waals surface area (Å²) in [5.74, 6) is 0.654. The van der Waals surface area contributed by atoms with Crippen LogP contribution in [0.15, 0.2) is 18.3 Å². The molecule has 1 aromatic rings. The van der Waals surface area contributed by atoms with Crippen molar-refractivity contribution in [3.8, 4) is 0 Å². The fourth-order valence-electron chi connectivity index (χ4n) is 1.19. The first-order valence-electron chi connectivity index (χ1n) is 4.74. The van der Waals surface area contributed by atoms with Gasteiger partial charge in [0, 0.05) is 6.20 Å². The second kappa shape index (κ2) is 5.54. The van der Waals surface area contributed by atoms with Crippen LogP contribution in [0.1, 0.15) is 18.9 Å². The lowest BCUT2D eigenvalue weighted by molar-refractivity contribution is 0.671. The molecule has 1 aromatic heterocycles. The minimum atomic E-state index is 0.654. The molecule has 0 spiro atoms. The minimum absolute atomic E-state index is 0.654. The van der Waals surface area contributed by atoms with E-state index in [1.165, 1.54) is 6.42 Å². The molecule has 72 valence electrons. The van der Waals surface area contributed by atoms with E-state index in [4.69, 9.17) is 5.73 Å². The van der Waals surface area contributed by atoms with E-state index in [1.807, 2.05) is 12.1 Å². The van der Waals surface area contributed by atoms with Crippen molar-refractivity contribution in [1.82, 2.24) is 10.3 Å². The standard InChI is InChI=1S/C10H17N3/c1-2-6-12-8-5-9-4-3-7-13-10(9)11/h3-4,7,12H,2,5-6,8H2,1H3,(H2,11,13). The number of nitrogens with zero attached hydrogens (tertiary/aromatic N) is 1. The van der Waals surface area contributed by atoms with Crippen molar-refractivity contribution in [3.05, 3.63) is 23.9 Å². The third-order valence-electron chi connectivity index (χ3n) is 1.92. The zero-order valence-electron chi connectivity index (χ0n) is 8.09. The Morgan fingerprint density at radius 1 is 1.46 bits per heavy atom. The Bertz CT molecular complexity index is 248. The highest BCUT2D eigenvalue weighted by Crippen LogP contribution is 2.06. The number of nitrogens with two attached hydrogens (primary N) is 1. The van der Waals surface area contributed by atoms with Gasteiger partial charge in [0.1, 0.15) is 5.82 Å². The zero-order chi connectivity index (χ0) is 9.52. The third kappa shape index (κ3) is 3.42. The summed E-state index contributed by atoms with van der Waals surface area (Å²) >= 11 is 0. The van der Waals surface area contributed by atoms with Crippen LogP contribution < -0.4 is 11.1 Å². The molecule has 0 atom stereocenters. The molecule has 1 rings (SSSR count). The minimum Gasteiger partial charge on any atom is -0.383 e. The van der Waals surface area contributed by atoms with E-state index in [1.54, 1.807) is 6.20 Å². The molecule has 0 radical (unpaired) electrons. The summed E-state index contributed by atoms with van der Waals surface area (Å²) in [6, 6.07) is 3.95. The summed E-state index contributed by atoms with van der Waals surface area (Å²) in [5, 5.41) is 3.33. The first kappa shape index (κ1) is 9.99. The largest absolute Gasteiger partial charge is 0.383 e. The topological polar surface area (TPSA) is 50.9 Å². The number of hydrogen-bond donors (Lipinski definition) is 2. The molecule has 3 N–H and O–H groups in total. The van der Waals surface area contributed by atoms with Gasteiger partial charge >= 0.3 is 0 Å². The first-order valence-corrected chi connectivity index (χ1v) is 4.74. The molecular weight excluding hydrogens is 162 g/mol. The molecule has 3 heteroatoms. The summed E-state index contributed by atoms with van der Waals surface area (Å²) in [7, 11) is 0. The number of rotatable bonds is 5. The number of hydrogen-bond acceptors (Lipinski definition) is 3. The summed E-state index contributed by atoms with van der Waals surface area (Å²) < 4.78 is 0. The third-order valence-corrected chi connectivity index (χ3v) is 1.92. The van der Waals surface area contributed by atoms with E-state index in [0.29, 0.717) is 5.82 Å². The van der Waals surface area contributed by atoms with E-state index in [9.17, 15) is 0 Å². The van der Waals surface area contributed by atoms with Crippen LogP contribution in [0.5, 0.6) is 0 Å². The van der Waals surface area contributed by atoms with E-state index < -0.39 is 0 Å². The van der Waals surface area contributed by atoms with Crippen LogP contribution in [0.3, 0.4) is 0 Å². The summed E-state index contributed by atoms with van der Waals surface area (Å²) in [6.45, 7) is 4.20. The second-order valence-electron chi connectivity index (χ2n) is 3.05. The molecule has 0 aliphatic carbocycles. The maximum atomic E-state index is 5.70. The fourth-order valence-corrected chi connectivity index (χ4v) is 1.19. The molecule has 1 heterocycles. The molecule has 0 aliphatic heterocycles. The molecule has 13 heavy (non-hydrogen) atoms. The van der Waals surface area contributed by atoms with Crippen LogP contribution in [0.25, 0.3) is 0 Å². The van der Waals surface area contributed by atoms with Gasteiger partial charge in [-0.05, 0) is 37.6 Å². The lowest BCUT2D eigenvalue weighted by atomic mass is 10.2. The van der Waals surface area contributed by atoms with Gasteiger partial charge in [-0.2, -0.15) is 0 Å². The van der Waals surface area contributed by atoms with Crippen molar-refractivity contribution in [1.29, 1.82) is 0 Å². The van der Waals surface area contributed by atoms with Gasteiger partial charge in [-0.3, -0.25) is 0 Å². The number of aromatic nitrogens is 1. The van der Waals surface area contributed by atoms with Gasteiger partial charge in [-0.15, -0.1) is 0 Å². The molecule has 3 nitrogen and oxygen atoms in total. The van der Waals surface area contributed by atoms with Gasteiger partial charge in [-0.1, -0.05) is 13.0 Å². The van der Waals surface area contributed by atoms with Gasteiger partial charge in [0.05, 0.1) is 0 Å². The summed E-state index contributed by atoms with van der Waals surface area (Å²) in [6.07, 6.45) is 3.85.